The number of hydrogen-bond donors (Lipinski definition) is 2. The van der Waals surface area contributed by atoms with Crippen molar-refractivity contribution in [3.05, 3.63) is 30.7 Å². The maximum atomic E-state index is 11.6. The number of urea groups is 1. The van der Waals surface area contributed by atoms with E-state index in [2.05, 4.69) is 30.7 Å². The first-order chi connectivity index (χ1) is 12.2. The van der Waals surface area contributed by atoms with Crippen LogP contribution in [0.1, 0.15) is 0 Å². The highest BCUT2D eigenvalue weighted by Gasteiger charge is 2.19. The molecule has 0 saturated carbocycles. The fourth-order valence-corrected chi connectivity index (χ4v) is 2.82. The van der Waals surface area contributed by atoms with Gasteiger partial charge in [0.05, 0.1) is 11.6 Å². The zero-order valence-electron chi connectivity index (χ0n) is 13.8. The summed E-state index contributed by atoms with van der Waals surface area (Å²) in [5.41, 5.74) is 1.64. The number of carbonyl (C=O) groups is 1. The maximum absolute atomic E-state index is 11.6. The highest BCUT2D eigenvalue weighted by Crippen LogP contribution is 2.24. The second-order valence-corrected chi connectivity index (χ2v) is 5.78. The van der Waals surface area contributed by atoms with E-state index in [1.165, 1.54) is 0 Å². The standard InChI is InChI=1S/C16H18N8O/c1-23-15-12(10-20-23)14(18-6-8-24-9-7-19-16(24)25)21-13(22-15)11-2-4-17-5-3-11/h2-5,10H,6-9H2,1H3,(H,19,25)(H,18,21,22). The van der Waals surface area contributed by atoms with Gasteiger partial charge in [-0.05, 0) is 12.1 Å². The summed E-state index contributed by atoms with van der Waals surface area (Å²) in [6.45, 7) is 2.65. The third-order valence-corrected chi connectivity index (χ3v) is 4.15. The second-order valence-electron chi connectivity index (χ2n) is 5.78. The first kappa shape index (κ1) is 15.3. The number of aryl methyl sites for hydroxylation is 1. The predicted octanol–water partition coefficient (Wildman–Crippen LogP) is 0.862. The van der Waals surface area contributed by atoms with Crippen LogP contribution in [0.2, 0.25) is 0 Å². The molecule has 0 bridgehead atoms. The van der Waals surface area contributed by atoms with Crippen LogP contribution in [-0.2, 0) is 7.05 Å². The molecule has 25 heavy (non-hydrogen) atoms. The summed E-state index contributed by atoms with van der Waals surface area (Å²) in [7, 11) is 1.85. The minimum absolute atomic E-state index is 0.0199. The zero-order chi connectivity index (χ0) is 17.2. The summed E-state index contributed by atoms with van der Waals surface area (Å²) in [4.78, 5) is 26.7. The molecular formula is C16H18N8O. The van der Waals surface area contributed by atoms with Crippen LogP contribution in [-0.4, -0.2) is 61.8 Å². The van der Waals surface area contributed by atoms with Gasteiger partial charge < -0.3 is 15.5 Å². The smallest absolute Gasteiger partial charge is 0.317 e. The van der Waals surface area contributed by atoms with E-state index in [0.717, 1.165) is 23.1 Å². The molecule has 0 aliphatic carbocycles. The van der Waals surface area contributed by atoms with Crippen LogP contribution in [0, 0.1) is 0 Å². The first-order valence-electron chi connectivity index (χ1n) is 8.09. The van der Waals surface area contributed by atoms with E-state index in [9.17, 15) is 4.79 Å². The van der Waals surface area contributed by atoms with Crippen LogP contribution < -0.4 is 10.6 Å². The Morgan fingerprint density at radius 3 is 2.88 bits per heavy atom. The summed E-state index contributed by atoms with van der Waals surface area (Å²) in [5.74, 6) is 1.32. The van der Waals surface area contributed by atoms with Crippen molar-refractivity contribution >= 4 is 22.9 Å². The Bertz CT molecular complexity index is 907. The average molecular weight is 338 g/mol. The number of amides is 2. The molecule has 0 aromatic carbocycles. The Labute approximate surface area is 144 Å². The molecule has 3 aromatic heterocycles. The number of fused-ring (bicyclic) bond motifs is 1. The number of nitrogens with one attached hydrogen (secondary N) is 2. The summed E-state index contributed by atoms with van der Waals surface area (Å²) in [6, 6.07) is 3.72. The molecule has 4 heterocycles. The Morgan fingerprint density at radius 2 is 2.12 bits per heavy atom. The van der Waals surface area contributed by atoms with Gasteiger partial charge in [-0.25, -0.2) is 14.8 Å². The minimum atomic E-state index is -0.0199. The maximum Gasteiger partial charge on any atom is 0.317 e. The topological polar surface area (TPSA) is 101 Å². The number of aromatic nitrogens is 5. The Morgan fingerprint density at radius 1 is 1.28 bits per heavy atom. The number of nitrogens with zero attached hydrogens (tertiary/aromatic N) is 6. The lowest BCUT2D eigenvalue weighted by molar-refractivity contribution is 0.219. The van der Waals surface area contributed by atoms with Gasteiger partial charge >= 0.3 is 6.03 Å². The first-order valence-corrected chi connectivity index (χ1v) is 8.09. The van der Waals surface area contributed by atoms with E-state index < -0.39 is 0 Å². The largest absolute Gasteiger partial charge is 0.368 e. The molecular weight excluding hydrogens is 320 g/mol. The molecule has 0 unspecified atom stereocenters. The Balaban J connectivity index is 1.61. The van der Waals surface area contributed by atoms with E-state index in [1.54, 1.807) is 28.2 Å². The van der Waals surface area contributed by atoms with Crippen molar-refractivity contribution in [3.63, 3.8) is 0 Å². The van der Waals surface area contributed by atoms with Crippen LogP contribution in [0.4, 0.5) is 10.6 Å². The minimum Gasteiger partial charge on any atom is -0.368 e. The average Bonchev–Trinajstić information content (AvgIpc) is 3.22. The van der Waals surface area contributed by atoms with Gasteiger partial charge in [-0.3, -0.25) is 9.67 Å². The fraction of sp³-hybridized carbons (Fsp3) is 0.312. The molecule has 3 aromatic rings. The van der Waals surface area contributed by atoms with Crippen molar-refractivity contribution in [2.24, 2.45) is 7.05 Å². The molecule has 4 rings (SSSR count). The molecule has 9 heteroatoms. The lowest BCUT2D eigenvalue weighted by atomic mass is 10.2. The van der Waals surface area contributed by atoms with Crippen molar-refractivity contribution in [1.29, 1.82) is 0 Å². The highest BCUT2D eigenvalue weighted by molar-refractivity contribution is 5.88. The van der Waals surface area contributed by atoms with Gasteiger partial charge in [-0.1, -0.05) is 0 Å². The van der Waals surface area contributed by atoms with Crippen molar-refractivity contribution in [3.8, 4) is 11.4 Å². The summed E-state index contributed by atoms with van der Waals surface area (Å²) >= 11 is 0. The molecule has 1 fully saturated rings. The molecule has 1 aliphatic heterocycles. The molecule has 0 spiro atoms. The second kappa shape index (κ2) is 6.34. The predicted molar refractivity (Wildman–Crippen MR) is 93.0 cm³/mol. The molecule has 9 nitrogen and oxygen atoms in total. The lowest BCUT2D eigenvalue weighted by Gasteiger charge is -2.15. The van der Waals surface area contributed by atoms with E-state index in [0.29, 0.717) is 31.3 Å². The third kappa shape index (κ3) is 2.95. The fourth-order valence-electron chi connectivity index (χ4n) is 2.82. The zero-order valence-corrected chi connectivity index (χ0v) is 13.8. The van der Waals surface area contributed by atoms with Crippen molar-refractivity contribution in [2.75, 3.05) is 31.5 Å². The SMILES string of the molecule is Cn1ncc2c(NCCN3CCNC3=O)nc(-c3ccncc3)nc21. The summed E-state index contributed by atoms with van der Waals surface area (Å²) in [6.07, 6.45) is 5.17. The molecule has 2 amide bonds. The van der Waals surface area contributed by atoms with Gasteiger partial charge in [0.2, 0.25) is 0 Å². The number of carbonyl (C=O) groups excluding carboxylic acids is 1. The van der Waals surface area contributed by atoms with Crippen molar-refractivity contribution in [2.45, 2.75) is 0 Å². The van der Waals surface area contributed by atoms with Crippen molar-refractivity contribution < 1.29 is 4.79 Å². The Hall–Kier alpha value is -3.23. The van der Waals surface area contributed by atoms with Crippen LogP contribution in [0.3, 0.4) is 0 Å². The quantitative estimate of drug-likeness (QED) is 0.716. The van der Waals surface area contributed by atoms with Gasteiger partial charge in [0.25, 0.3) is 0 Å². The molecule has 0 atom stereocenters. The normalized spacial score (nSPS) is 14.1. The number of anilines is 1. The van der Waals surface area contributed by atoms with E-state index in [1.807, 2.05) is 19.2 Å². The molecule has 128 valence electrons. The molecule has 2 N–H and O–H groups in total. The van der Waals surface area contributed by atoms with Crippen LogP contribution >= 0.6 is 0 Å². The van der Waals surface area contributed by atoms with Gasteiger partial charge in [-0.2, -0.15) is 5.10 Å². The van der Waals surface area contributed by atoms with E-state index in [-0.39, 0.29) is 6.03 Å². The van der Waals surface area contributed by atoms with E-state index >= 15 is 0 Å². The summed E-state index contributed by atoms with van der Waals surface area (Å²) in [5, 5.41) is 11.2. The number of pyridine rings is 1. The number of hydrogen-bond acceptors (Lipinski definition) is 6. The summed E-state index contributed by atoms with van der Waals surface area (Å²) < 4.78 is 1.72. The highest BCUT2D eigenvalue weighted by atomic mass is 16.2. The van der Waals surface area contributed by atoms with Crippen LogP contribution in [0.25, 0.3) is 22.4 Å². The number of rotatable bonds is 5. The monoisotopic (exact) mass is 338 g/mol. The van der Waals surface area contributed by atoms with Crippen LogP contribution in [0.5, 0.6) is 0 Å². The molecule has 1 saturated heterocycles. The van der Waals surface area contributed by atoms with Gasteiger partial charge in [0.1, 0.15) is 5.82 Å². The lowest BCUT2D eigenvalue weighted by Crippen LogP contribution is -2.32. The molecule has 1 aliphatic rings. The van der Waals surface area contributed by atoms with E-state index in [4.69, 9.17) is 0 Å². The van der Waals surface area contributed by atoms with Gasteiger partial charge in [0.15, 0.2) is 11.5 Å². The molecule has 0 radical (unpaired) electrons. The van der Waals surface area contributed by atoms with Gasteiger partial charge in [-0.15, -0.1) is 0 Å². The third-order valence-electron chi connectivity index (χ3n) is 4.15. The van der Waals surface area contributed by atoms with Crippen molar-refractivity contribution in [1.82, 2.24) is 34.9 Å². The van der Waals surface area contributed by atoms with Crippen LogP contribution in [0.15, 0.2) is 30.7 Å². The Kier molecular flexibility index (Phi) is 3.88. The van der Waals surface area contributed by atoms with Gasteiger partial charge in [0, 0.05) is 51.2 Å².